The number of piperidine rings is 1. The van der Waals surface area contributed by atoms with Crippen LogP contribution in [-0.2, 0) is 14.4 Å². The Hall–Kier alpha value is -2.43. The molecule has 1 heterocycles. The maximum absolute atomic E-state index is 11.6. The number of carbonyl (C=O) groups excluding carboxylic acids is 3. The van der Waals surface area contributed by atoms with Crippen molar-refractivity contribution in [2.24, 2.45) is 0 Å². The molecule has 5 heteroatoms. The summed E-state index contributed by atoms with van der Waals surface area (Å²) in [6.45, 7) is 0. The van der Waals surface area contributed by atoms with Crippen LogP contribution in [0.4, 0.5) is 0 Å². The maximum Gasteiger partial charge on any atom is 0.249 e. The molecule has 0 saturated carbocycles. The van der Waals surface area contributed by atoms with E-state index >= 15 is 0 Å². The van der Waals surface area contributed by atoms with Gasteiger partial charge in [-0.1, -0.05) is 30.3 Å². The first-order valence-electron chi connectivity index (χ1n) is 6.02. The summed E-state index contributed by atoms with van der Waals surface area (Å²) in [5.41, 5.74) is 0.904. The van der Waals surface area contributed by atoms with Crippen molar-refractivity contribution in [2.75, 3.05) is 0 Å². The number of imide groups is 1. The van der Waals surface area contributed by atoms with Crippen LogP contribution >= 0.6 is 0 Å². The molecule has 5 nitrogen and oxygen atoms in total. The molecule has 1 fully saturated rings. The van der Waals surface area contributed by atoms with E-state index < -0.39 is 11.9 Å². The van der Waals surface area contributed by atoms with Crippen LogP contribution in [0.5, 0.6) is 0 Å². The molecule has 0 aliphatic carbocycles. The van der Waals surface area contributed by atoms with E-state index in [0.717, 1.165) is 5.56 Å². The molecular formula is C14H14N2O3. The van der Waals surface area contributed by atoms with Crippen LogP contribution in [0.15, 0.2) is 36.4 Å². The number of hydrogen-bond acceptors (Lipinski definition) is 3. The monoisotopic (exact) mass is 258 g/mol. The Morgan fingerprint density at radius 3 is 2.68 bits per heavy atom. The highest BCUT2D eigenvalue weighted by Gasteiger charge is 2.27. The Balaban J connectivity index is 1.89. The molecule has 19 heavy (non-hydrogen) atoms. The van der Waals surface area contributed by atoms with E-state index in [-0.39, 0.29) is 18.2 Å². The van der Waals surface area contributed by atoms with Crippen molar-refractivity contribution < 1.29 is 14.4 Å². The second-order valence-corrected chi connectivity index (χ2v) is 4.26. The van der Waals surface area contributed by atoms with Crippen molar-refractivity contribution in [1.82, 2.24) is 10.6 Å². The topological polar surface area (TPSA) is 75.3 Å². The van der Waals surface area contributed by atoms with Gasteiger partial charge >= 0.3 is 0 Å². The van der Waals surface area contributed by atoms with Crippen LogP contribution in [0.3, 0.4) is 0 Å². The minimum atomic E-state index is -0.634. The SMILES string of the molecule is O=C(/C=C/c1ccccc1)NC1CCC(=O)NC1=O. The Bertz CT molecular complexity index is 523. The third-order valence-electron chi connectivity index (χ3n) is 2.78. The molecule has 1 unspecified atom stereocenters. The lowest BCUT2D eigenvalue weighted by atomic mass is 10.1. The van der Waals surface area contributed by atoms with Crippen LogP contribution in [0.25, 0.3) is 6.08 Å². The van der Waals surface area contributed by atoms with Gasteiger partial charge in [0, 0.05) is 12.5 Å². The van der Waals surface area contributed by atoms with E-state index in [4.69, 9.17) is 0 Å². The standard InChI is InChI=1S/C14H14N2O3/c17-12(8-6-10-4-2-1-3-5-10)15-11-7-9-13(18)16-14(11)19/h1-6,8,11H,7,9H2,(H,15,17)(H,16,18,19)/b8-6+. The van der Waals surface area contributed by atoms with Crippen molar-refractivity contribution in [1.29, 1.82) is 0 Å². The zero-order valence-corrected chi connectivity index (χ0v) is 10.3. The molecule has 0 spiro atoms. The molecule has 1 atom stereocenters. The summed E-state index contributed by atoms with van der Waals surface area (Å²) in [6.07, 6.45) is 3.63. The summed E-state index contributed by atoms with van der Waals surface area (Å²) < 4.78 is 0. The fraction of sp³-hybridized carbons (Fsp3) is 0.214. The quantitative estimate of drug-likeness (QED) is 0.616. The Labute approximate surface area is 110 Å². The Kier molecular flexibility index (Phi) is 4.07. The van der Waals surface area contributed by atoms with Gasteiger partial charge in [0.05, 0.1) is 0 Å². The summed E-state index contributed by atoms with van der Waals surface area (Å²) in [6, 6.07) is 8.74. The number of benzene rings is 1. The third-order valence-corrected chi connectivity index (χ3v) is 2.78. The molecule has 3 amide bonds. The molecule has 0 radical (unpaired) electrons. The van der Waals surface area contributed by atoms with Crippen molar-refractivity contribution >= 4 is 23.8 Å². The van der Waals surface area contributed by atoms with Gasteiger partial charge in [-0.3, -0.25) is 19.7 Å². The number of hydrogen-bond donors (Lipinski definition) is 2. The molecule has 1 aromatic rings. The van der Waals surface area contributed by atoms with Crippen molar-refractivity contribution in [3.63, 3.8) is 0 Å². The van der Waals surface area contributed by atoms with Gasteiger partial charge in [-0.05, 0) is 18.1 Å². The minimum absolute atomic E-state index is 0.249. The van der Waals surface area contributed by atoms with Gasteiger partial charge in [0.25, 0.3) is 0 Å². The highest BCUT2D eigenvalue weighted by Crippen LogP contribution is 2.05. The summed E-state index contributed by atoms with van der Waals surface area (Å²) >= 11 is 0. The minimum Gasteiger partial charge on any atom is -0.341 e. The van der Waals surface area contributed by atoms with Gasteiger partial charge < -0.3 is 5.32 Å². The summed E-state index contributed by atoms with van der Waals surface area (Å²) in [5, 5.41) is 4.76. The number of amides is 3. The highest BCUT2D eigenvalue weighted by atomic mass is 16.2. The summed E-state index contributed by atoms with van der Waals surface area (Å²) in [5.74, 6) is -1.09. The molecule has 1 aromatic carbocycles. The lowest BCUT2D eigenvalue weighted by molar-refractivity contribution is -0.136. The van der Waals surface area contributed by atoms with E-state index in [1.54, 1.807) is 6.08 Å². The highest BCUT2D eigenvalue weighted by molar-refractivity contribution is 6.03. The molecule has 2 N–H and O–H groups in total. The summed E-state index contributed by atoms with van der Waals surface area (Å²) in [7, 11) is 0. The maximum atomic E-state index is 11.6. The van der Waals surface area contributed by atoms with Gasteiger partial charge in [0.1, 0.15) is 6.04 Å². The van der Waals surface area contributed by atoms with Gasteiger partial charge in [0.15, 0.2) is 0 Å². The van der Waals surface area contributed by atoms with E-state index in [1.807, 2.05) is 30.3 Å². The van der Waals surface area contributed by atoms with Gasteiger partial charge in [-0.15, -0.1) is 0 Å². The molecule has 0 bridgehead atoms. The Morgan fingerprint density at radius 1 is 1.26 bits per heavy atom. The first-order valence-corrected chi connectivity index (χ1v) is 6.02. The zero-order chi connectivity index (χ0) is 13.7. The van der Waals surface area contributed by atoms with Crippen LogP contribution in [0.2, 0.25) is 0 Å². The average molecular weight is 258 g/mol. The van der Waals surface area contributed by atoms with Crippen molar-refractivity contribution in [3.05, 3.63) is 42.0 Å². The lowest BCUT2D eigenvalue weighted by Crippen LogP contribution is -2.51. The normalized spacial score (nSPS) is 19.3. The third kappa shape index (κ3) is 3.77. The van der Waals surface area contributed by atoms with Gasteiger partial charge in [-0.2, -0.15) is 0 Å². The summed E-state index contributed by atoms with van der Waals surface area (Å²) in [4.78, 5) is 34.0. The largest absolute Gasteiger partial charge is 0.341 e. The predicted molar refractivity (Wildman–Crippen MR) is 69.8 cm³/mol. The van der Waals surface area contributed by atoms with Gasteiger partial charge in [-0.25, -0.2) is 0 Å². The van der Waals surface area contributed by atoms with Crippen molar-refractivity contribution in [3.8, 4) is 0 Å². The average Bonchev–Trinajstić information content (AvgIpc) is 2.41. The number of rotatable bonds is 3. The van der Waals surface area contributed by atoms with E-state index in [2.05, 4.69) is 10.6 Å². The van der Waals surface area contributed by atoms with Crippen LogP contribution in [0, 0.1) is 0 Å². The van der Waals surface area contributed by atoms with E-state index in [0.29, 0.717) is 6.42 Å². The molecule has 1 aliphatic heterocycles. The first-order chi connectivity index (χ1) is 9.15. The smallest absolute Gasteiger partial charge is 0.249 e. The van der Waals surface area contributed by atoms with Gasteiger partial charge in [0.2, 0.25) is 17.7 Å². The first kappa shape index (κ1) is 13.0. The molecule has 98 valence electrons. The molecule has 0 aromatic heterocycles. The molecule has 2 rings (SSSR count). The Morgan fingerprint density at radius 2 is 2.00 bits per heavy atom. The predicted octanol–water partition coefficient (Wildman–Crippen LogP) is 0.621. The van der Waals surface area contributed by atoms with Crippen molar-refractivity contribution in [2.45, 2.75) is 18.9 Å². The van der Waals surface area contributed by atoms with E-state index in [1.165, 1.54) is 6.08 Å². The fourth-order valence-electron chi connectivity index (χ4n) is 1.79. The van der Waals surface area contributed by atoms with Crippen LogP contribution < -0.4 is 10.6 Å². The second-order valence-electron chi connectivity index (χ2n) is 4.26. The van der Waals surface area contributed by atoms with Crippen LogP contribution in [-0.4, -0.2) is 23.8 Å². The second kappa shape index (κ2) is 5.95. The fourth-order valence-corrected chi connectivity index (χ4v) is 1.79. The van der Waals surface area contributed by atoms with E-state index in [9.17, 15) is 14.4 Å². The molecular weight excluding hydrogens is 244 g/mol. The number of carbonyl (C=O) groups is 3. The van der Waals surface area contributed by atoms with Crippen LogP contribution in [0.1, 0.15) is 18.4 Å². The molecule has 1 saturated heterocycles. The zero-order valence-electron chi connectivity index (χ0n) is 10.3. The molecule has 1 aliphatic rings. The lowest BCUT2D eigenvalue weighted by Gasteiger charge is -2.20. The number of nitrogens with one attached hydrogen (secondary N) is 2.